The van der Waals surface area contributed by atoms with Crippen molar-refractivity contribution in [2.75, 3.05) is 11.9 Å². The molecule has 2 heteroatoms. The maximum atomic E-state index is 5.51. The second-order valence-electron chi connectivity index (χ2n) is 3.76. The molecule has 76 valence electrons. The Labute approximate surface area is 85.3 Å². The van der Waals surface area contributed by atoms with Gasteiger partial charge in [-0.2, -0.15) is 0 Å². The molecule has 1 aromatic carbocycles. The number of hydrogen-bond acceptors (Lipinski definition) is 2. The van der Waals surface area contributed by atoms with Crippen LogP contribution in [0.3, 0.4) is 0 Å². The lowest BCUT2D eigenvalue weighted by Crippen LogP contribution is -2.40. The van der Waals surface area contributed by atoms with Gasteiger partial charge in [-0.05, 0) is 31.9 Å². The SMILES string of the molecule is CCOC1CC(Nc2ccccc2)C1. The Balaban J connectivity index is 1.74. The molecule has 2 rings (SSSR count). The quantitative estimate of drug-likeness (QED) is 0.790. The Bertz CT molecular complexity index is 267. The summed E-state index contributed by atoms with van der Waals surface area (Å²) in [5, 5.41) is 3.49. The Morgan fingerprint density at radius 2 is 2.00 bits per heavy atom. The molecule has 1 aliphatic carbocycles. The Kier molecular flexibility index (Phi) is 3.04. The minimum atomic E-state index is 0.487. The highest BCUT2D eigenvalue weighted by molar-refractivity contribution is 5.43. The third-order valence-electron chi connectivity index (χ3n) is 2.64. The van der Waals surface area contributed by atoms with Crippen LogP contribution in [0.4, 0.5) is 5.69 Å². The van der Waals surface area contributed by atoms with Crippen molar-refractivity contribution >= 4 is 5.69 Å². The fourth-order valence-corrected chi connectivity index (χ4v) is 1.83. The largest absolute Gasteiger partial charge is 0.382 e. The van der Waals surface area contributed by atoms with E-state index < -0.39 is 0 Å². The standard InChI is InChI=1S/C12H17NO/c1-2-14-12-8-11(9-12)13-10-6-4-3-5-7-10/h3-7,11-13H,2,8-9H2,1H3. The molecule has 0 saturated heterocycles. The number of benzene rings is 1. The van der Waals surface area contributed by atoms with E-state index in [-0.39, 0.29) is 0 Å². The molecule has 0 unspecified atom stereocenters. The van der Waals surface area contributed by atoms with Gasteiger partial charge in [0.1, 0.15) is 0 Å². The zero-order valence-corrected chi connectivity index (χ0v) is 8.57. The van der Waals surface area contributed by atoms with Gasteiger partial charge in [0.25, 0.3) is 0 Å². The fraction of sp³-hybridized carbons (Fsp3) is 0.500. The summed E-state index contributed by atoms with van der Waals surface area (Å²) in [6.07, 6.45) is 2.77. The topological polar surface area (TPSA) is 21.3 Å². The predicted molar refractivity (Wildman–Crippen MR) is 58.5 cm³/mol. The molecule has 0 radical (unpaired) electrons. The first kappa shape index (κ1) is 9.53. The predicted octanol–water partition coefficient (Wildman–Crippen LogP) is 2.67. The maximum Gasteiger partial charge on any atom is 0.0614 e. The van der Waals surface area contributed by atoms with E-state index in [9.17, 15) is 0 Å². The van der Waals surface area contributed by atoms with Crippen LogP contribution in [0.25, 0.3) is 0 Å². The molecule has 1 aliphatic rings. The number of rotatable bonds is 4. The van der Waals surface area contributed by atoms with Crippen molar-refractivity contribution < 1.29 is 4.74 Å². The van der Waals surface area contributed by atoms with Crippen molar-refractivity contribution in [1.82, 2.24) is 0 Å². The second-order valence-corrected chi connectivity index (χ2v) is 3.76. The van der Waals surface area contributed by atoms with E-state index in [1.54, 1.807) is 0 Å². The number of anilines is 1. The summed E-state index contributed by atoms with van der Waals surface area (Å²) in [6, 6.07) is 11.0. The Hall–Kier alpha value is -1.02. The van der Waals surface area contributed by atoms with Crippen molar-refractivity contribution in [3.63, 3.8) is 0 Å². The number of para-hydroxylation sites is 1. The summed E-state index contributed by atoms with van der Waals surface area (Å²) in [5.41, 5.74) is 1.22. The van der Waals surface area contributed by atoms with Gasteiger partial charge in [0.2, 0.25) is 0 Å². The maximum absolute atomic E-state index is 5.51. The first-order valence-corrected chi connectivity index (χ1v) is 5.31. The molecule has 0 bridgehead atoms. The van der Waals surface area contributed by atoms with Crippen LogP contribution in [-0.4, -0.2) is 18.8 Å². The van der Waals surface area contributed by atoms with Gasteiger partial charge in [-0.25, -0.2) is 0 Å². The van der Waals surface area contributed by atoms with Crippen molar-refractivity contribution in [1.29, 1.82) is 0 Å². The normalized spacial score (nSPS) is 25.5. The highest BCUT2D eigenvalue weighted by Crippen LogP contribution is 2.26. The van der Waals surface area contributed by atoms with Crippen LogP contribution in [0, 0.1) is 0 Å². The van der Waals surface area contributed by atoms with E-state index in [1.807, 2.05) is 6.07 Å². The van der Waals surface area contributed by atoms with Crippen molar-refractivity contribution in [2.45, 2.75) is 31.9 Å². The van der Waals surface area contributed by atoms with Crippen LogP contribution in [0.15, 0.2) is 30.3 Å². The van der Waals surface area contributed by atoms with Gasteiger partial charge in [0.15, 0.2) is 0 Å². The number of hydrogen-bond donors (Lipinski definition) is 1. The molecule has 1 aromatic rings. The lowest BCUT2D eigenvalue weighted by atomic mass is 9.89. The first-order chi connectivity index (χ1) is 6.88. The molecule has 1 saturated carbocycles. The molecule has 1 N–H and O–H groups in total. The second kappa shape index (κ2) is 4.47. The van der Waals surface area contributed by atoms with Crippen LogP contribution in [-0.2, 0) is 4.74 Å². The Morgan fingerprint density at radius 3 is 2.64 bits per heavy atom. The van der Waals surface area contributed by atoms with Gasteiger partial charge in [-0.3, -0.25) is 0 Å². The minimum Gasteiger partial charge on any atom is -0.382 e. The van der Waals surface area contributed by atoms with Gasteiger partial charge in [0.05, 0.1) is 6.10 Å². The van der Waals surface area contributed by atoms with Crippen LogP contribution in [0.5, 0.6) is 0 Å². The monoisotopic (exact) mass is 191 g/mol. The summed E-state index contributed by atoms with van der Waals surface area (Å²) in [6.45, 7) is 2.89. The van der Waals surface area contributed by atoms with Gasteiger partial charge in [-0.15, -0.1) is 0 Å². The highest BCUT2D eigenvalue weighted by Gasteiger charge is 2.29. The van der Waals surface area contributed by atoms with E-state index >= 15 is 0 Å². The molecule has 1 fully saturated rings. The molecule has 0 aromatic heterocycles. The van der Waals surface area contributed by atoms with E-state index in [0.717, 1.165) is 19.4 Å². The molecule has 0 amide bonds. The number of ether oxygens (including phenoxy) is 1. The molecule has 0 atom stereocenters. The van der Waals surface area contributed by atoms with Crippen molar-refractivity contribution in [2.24, 2.45) is 0 Å². The molecule has 0 aliphatic heterocycles. The zero-order chi connectivity index (χ0) is 9.80. The van der Waals surface area contributed by atoms with Gasteiger partial charge >= 0.3 is 0 Å². The third kappa shape index (κ3) is 2.26. The first-order valence-electron chi connectivity index (χ1n) is 5.31. The summed E-state index contributed by atoms with van der Waals surface area (Å²) in [7, 11) is 0. The van der Waals surface area contributed by atoms with Gasteiger partial charge < -0.3 is 10.1 Å². The van der Waals surface area contributed by atoms with Gasteiger partial charge in [-0.1, -0.05) is 18.2 Å². The average molecular weight is 191 g/mol. The van der Waals surface area contributed by atoms with Gasteiger partial charge in [0, 0.05) is 18.3 Å². The summed E-state index contributed by atoms with van der Waals surface area (Å²) < 4.78 is 5.51. The van der Waals surface area contributed by atoms with E-state index in [0.29, 0.717) is 12.1 Å². The zero-order valence-electron chi connectivity index (χ0n) is 8.57. The van der Waals surface area contributed by atoms with Crippen molar-refractivity contribution in [3.05, 3.63) is 30.3 Å². The van der Waals surface area contributed by atoms with Crippen LogP contribution < -0.4 is 5.32 Å². The lowest BCUT2D eigenvalue weighted by molar-refractivity contribution is 0.00299. The van der Waals surface area contributed by atoms with Crippen LogP contribution in [0.1, 0.15) is 19.8 Å². The average Bonchev–Trinajstić information content (AvgIpc) is 2.16. The molecular weight excluding hydrogens is 174 g/mol. The lowest BCUT2D eigenvalue weighted by Gasteiger charge is -2.36. The summed E-state index contributed by atoms with van der Waals surface area (Å²) >= 11 is 0. The van der Waals surface area contributed by atoms with E-state index in [1.165, 1.54) is 5.69 Å². The summed E-state index contributed by atoms with van der Waals surface area (Å²) in [4.78, 5) is 0. The van der Waals surface area contributed by atoms with Crippen LogP contribution >= 0.6 is 0 Å². The van der Waals surface area contributed by atoms with E-state index in [4.69, 9.17) is 4.74 Å². The fourth-order valence-electron chi connectivity index (χ4n) is 1.83. The molecule has 0 spiro atoms. The smallest absolute Gasteiger partial charge is 0.0614 e. The van der Waals surface area contributed by atoms with Crippen molar-refractivity contribution in [3.8, 4) is 0 Å². The summed E-state index contributed by atoms with van der Waals surface area (Å²) in [5.74, 6) is 0. The molecular formula is C12H17NO. The third-order valence-corrected chi connectivity index (χ3v) is 2.64. The Morgan fingerprint density at radius 1 is 1.29 bits per heavy atom. The molecule has 2 nitrogen and oxygen atoms in total. The molecule has 0 heterocycles. The highest BCUT2D eigenvalue weighted by atomic mass is 16.5. The minimum absolute atomic E-state index is 0.487. The molecule has 14 heavy (non-hydrogen) atoms. The van der Waals surface area contributed by atoms with E-state index in [2.05, 4.69) is 36.5 Å². The number of nitrogens with one attached hydrogen (secondary N) is 1. The van der Waals surface area contributed by atoms with Crippen LogP contribution in [0.2, 0.25) is 0 Å².